The van der Waals surface area contributed by atoms with Crippen LogP contribution in [-0.2, 0) is 0 Å². The molecule has 1 aromatic rings. The van der Waals surface area contributed by atoms with Gasteiger partial charge in [0.15, 0.2) is 0 Å². The summed E-state index contributed by atoms with van der Waals surface area (Å²) in [5.74, 6) is 4.76. The normalized spacial score (nSPS) is 42.2. The highest BCUT2D eigenvalue weighted by Gasteiger charge is 2.49. The molecular formula is C16H23N3OS. The SMILES string of the molecule is CC(Oc1nsnc1C1C2CC3CC1CN(C3)C2)C1CC1. The molecule has 3 saturated heterocycles. The van der Waals surface area contributed by atoms with Crippen molar-refractivity contribution < 1.29 is 4.74 Å². The first kappa shape index (κ1) is 12.8. The van der Waals surface area contributed by atoms with Gasteiger partial charge in [-0.25, -0.2) is 0 Å². The average Bonchev–Trinajstić information content (AvgIpc) is 3.21. The van der Waals surface area contributed by atoms with Crippen molar-refractivity contribution in [1.82, 2.24) is 13.6 Å². The molecule has 21 heavy (non-hydrogen) atoms. The molecule has 2 aliphatic carbocycles. The first-order chi connectivity index (χ1) is 10.3. The van der Waals surface area contributed by atoms with Crippen molar-refractivity contribution >= 4 is 11.7 Å². The van der Waals surface area contributed by atoms with Crippen LogP contribution >= 0.6 is 11.7 Å². The molecule has 2 saturated carbocycles. The third kappa shape index (κ3) is 2.12. The maximum Gasteiger partial charge on any atom is 0.249 e. The number of rotatable bonds is 4. The zero-order valence-corrected chi connectivity index (χ0v) is 13.4. The van der Waals surface area contributed by atoms with E-state index in [0.717, 1.165) is 29.6 Å². The van der Waals surface area contributed by atoms with Gasteiger partial charge in [0.2, 0.25) is 5.88 Å². The summed E-state index contributed by atoms with van der Waals surface area (Å²) in [6, 6.07) is 0. The summed E-state index contributed by atoms with van der Waals surface area (Å²) in [6.45, 7) is 6.08. The Morgan fingerprint density at radius 3 is 2.57 bits per heavy atom. The van der Waals surface area contributed by atoms with Gasteiger partial charge in [-0.05, 0) is 56.3 Å². The fourth-order valence-corrected chi connectivity index (χ4v) is 5.70. The summed E-state index contributed by atoms with van der Waals surface area (Å²) < 4.78 is 15.4. The number of aromatic nitrogens is 2. The summed E-state index contributed by atoms with van der Waals surface area (Å²) in [6.07, 6.45) is 5.74. The van der Waals surface area contributed by atoms with E-state index in [1.165, 1.54) is 62.7 Å². The average molecular weight is 305 g/mol. The van der Waals surface area contributed by atoms with Crippen LogP contribution in [0.5, 0.6) is 5.88 Å². The molecule has 3 aliphatic heterocycles. The van der Waals surface area contributed by atoms with E-state index in [2.05, 4.69) is 20.6 Å². The van der Waals surface area contributed by atoms with Gasteiger partial charge in [0.25, 0.3) is 0 Å². The van der Waals surface area contributed by atoms with Crippen molar-refractivity contribution in [2.75, 3.05) is 19.6 Å². The van der Waals surface area contributed by atoms with Gasteiger partial charge in [0.1, 0.15) is 11.8 Å². The second-order valence-corrected chi connectivity index (χ2v) is 8.25. The largest absolute Gasteiger partial charge is 0.472 e. The van der Waals surface area contributed by atoms with E-state index in [1.54, 1.807) is 0 Å². The lowest BCUT2D eigenvalue weighted by molar-refractivity contribution is -0.0375. The zero-order valence-electron chi connectivity index (χ0n) is 12.6. The molecule has 5 aliphatic rings. The highest BCUT2D eigenvalue weighted by Crippen LogP contribution is 2.52. The van der Waals surface area contributed by atoms with Crippen LogP contribution in [-0.4, -0.2) is 39.4 Å². The number of nitrogens with zero attached hydrogens (tertiary/aromatic N) is 3. The molecule has 0 amide bonds. The summed E-state index contributed by atoms with van der Waals surface area (Å²) in [5, 5.41) is 0. The maximum atomic E-state index is 6.19. The van der Waals surface area contributed by atoms with E-state index in [1.807, 2.05) is 0 Å². The molecule has 5 fully saturated rings. The number of ether oxygens (including phenoxy) is 1. The maximum absolute atomic E-state index is 6.19. The molecule has 0 aromatic carbocycles. The molecule has 0 radical (unpaired) electrons. The van der Waals surface area contributed by atoms with Gasteiger partial charge in [-0.2, -0.15) is 4.37 Å². The van der Waals surface area contributed by atoms with Gasteiger partial charge in [0, 0.05) is 25.6 Å². The minimum atomic E-state index is 0.313. The van der Waals surface area contributed by atoms with Gasteiger partial charge in [-0.3, -0.25) is 0 Å². The standard InChI is InChI=1S/C16H23N3OS/c1-9(11-2-3-11)20-16-15(17-21-18-16)14-12-4-10-5-13(14)8-19(6-10)7-12/h9-14H,2-8H2,1H3. The second-order valence-electron chi connectivity index (χ2n) is 7.72. The van der Waals surface area contributed by atoms with Crippen LogP contribution in [0.2, 0.25) is 0 Å². The Balaban J connectivity index is 1.41. The van der Waals surface area contributed by atoms with Crippen LogP contribution in [0.4, 0.5) is 0 Å². The molecule has 0 spiro atoms. The third-order valence-electron chi connectivity index (χ3n) is 6.17. The fraction of sp³-hybridized carbons (Fsp3) is 0.875. The molecule has 1 aromatic heterocycles. The molecule has 4 nitrogen and oxygen atoms in total. The highest BCUT2D eigenvalue weighted by atomic mass is 32.1. The van der Waals surface area contributed by atoms with Crippen molar-refractivity contribution in [3.05, 3.63) is 5.69 Å². The Morgan fingerprint density at radius 1 is 1.14 bits per heavy atom. The molecule has 114 valence electrons. The van der Waals surface area contributed by atoms with Crippen molar-refractivity contribution in [2.24, 2.45) is 23.7 Å². The monoisotopic (exact) mass is 305 g/mol. The third-order valence-corrected chi connectivity index (χ3v) is 6.70. The van der Waals surface area contributed by atoms with Crippen LogP contribution < -0.4 is 4.74 Å². The molecule has 3 atom stereocenters. The Hall–Kier alpha value is -0.680. The minimum Gasteiger partial charge on any atom is -0.472 e. The van der Waals surface area contributed by atoms with Gasteiger partial charge in [-0.1, -0.05) is 0 Å². The quantitative estimate of drug-likeness (QED) is 0.857. The molecule has 0 N–H and O–H groups in total. The number of hydrogen-bond donors (Lipinski definition) is 0. The summed E-state index contributed by atoms with van der Waals surface area (Å²) in [4.78, 5) is 2.68. The van der Waals surface area contributed by atoms with E-state index in [4.69, 9.17) is 4.74 Å². The number of hydrogen-bond acceptors (Lipinski definition) is 5. The topological polar surface area (TPSA) is 38.3 Å². The molecule has 5 heteroatoms. The molecule has 6 rings (SSSR count). The van der Waals surface area contributed by atoms with Crippen LogP contribution in [0, 0.1) is 23.7 Å². The molecule has 4 bridgehead atoms. The van der Waals surface area contributed by atoms with Crippen LogP contribution in [0.1, 0.15) is 44.2 Å². The molecule has 3 unspecified atom stereocenters. The van der Waals surface area contributed by atoms with Crippen LogP contribution in [0.25, 0.3) is 0 Å². The zero-order chi connectivity index (χ0) is 14.0. The van der Waals surface area contributed by atoms with Gasteiger partial charge in [0.05, 0.1) is 11.7 Å². The highest BCUT2D eigenvalue weighted by molar-refractivity contribution is 6.99. The van der Waals surface area contributed by atoms with Crippen molar-refractivity contribution in [1.29, 1.82) is 0 Å². The molecule has 4 heterocycles. The summed E-state index contributed by atoms with van der Waals surface area (Å²) in [7, 11) is 0. The van der Waals surface area contributed by atoms with E-state index >= 15 is 0 Å². The van der Waals surface area contributed by atoms with E-state index in [9.17, 15) is 0 Å². The van der Waals surface area contributed by atoms with Crippen LogP contribution in [0.15, 0.2) is 0 Å². The lowest BCUT2D eigenvalue weighted by Crippen LogP contribution is -2.56. The predicted molar refractivity (Wildman–Crippen MR) is 81.6 cm³/mol. The second kappa shape index (κ2) is 4.66. The van der Waals surface area contributed by atoms with E-state index in [0.29, 0.717) is 12.0 Å². The Bertz CT molecular complexity index is 513. The van der Waals surface area contributed by atoms with Gasteiger partial charge >= 0.3 is 0 Å². The summed E-state index contributed by atoms with van der Waals surface area (Å²) in [5.41, 5.74) is 1.20. The van der Waals surface area contributed by atoms with Crippen molar-refractivity contribution in [3.63, 3.8) is 0 Å². The Kier molecular flexibility index (Phi) is 2.84. The lowest BCUT2D eigenvalue weighted by Gasteiger charge is -2.55. The van der Waals surface area contributed by atoms with Crippen LogP contribution in [0.3, 0.4) is 0 Å². The first-order valence-electron chi connectivity index (χ1n) is 8.49. The summed E-state index contributed by atoms with van der Waals surface area (Å²) >= 11 is 1.35. The van der Waals surface area contributed by atoms with Crippen molar-refractivity contribution in [3.8, 4) is 5.88 Å². The van der Waals surface area contributed by atoms with Crippen molar-refractivity contribution in [2.45, 2.75) is 44.6 Å². The smallest absolute Gasteiger partial charge is 0.249 e. The van der Waals surface area contributed by atoms with E-state index < -0.39 is 0 Å². The minimum absolute atomic E-state index is 0.313. The number of piperidine rings is 3. The first-order valence-corrected chi connectivity index (χ1v) is 9.22. The molecular weight excluding hydrogens is 282 g/mol. The van der Waals surface area contributed by atoms with E-state index in [-0.39, 0.29) is 0 Å². The Labute approximate surface area is 130 Å². The lowest BCUT2D eigenvalue weighted by atomic mass is 9.61. The van der Waals surface area contributed by atoms with Gasteiger partial charge < -0.3 is 9.64 Å². The predicted octanol–water partition coefficient (Wildman–Crippen LogP) is 2.77. The van der Waals surface area contributed by atoms with Gasteiger partial charge in [-0.15, -0.1) is 4.37 Å². The fourth-order valence-electron chi connectivity index (χ4n) is 5.17. The Morgan fingerprint density at radius 2 is 1.90 bits per heavy atom.